The van der Waals surface area contributed by atoms with Crippen LogP contribution in [-0.4, -0.2) is 23.8 Å². The monoisotopic (exact) mass is 240 g/mol. The van der Waals surface area contributed by atoms with E-state index in [0.717, 1.165) is 5.56 Å². The van der Waals surface area contributed by atoms with E-state index >= 15 is 0 Å². The summed E-state index contributed by atoms with van der Waals surface area (Å²) in [5.41, 5.74) is 3.22. The Bertz CT molecular complexity index is 363. The summed E-state index contributed by atoms with van der Waals surface area (Å²) in [5.74, 6) is -0.209. The quantitative estimate of drug-likeness (QED) is 0.606. The Hall–Kier alpha value is -1.39. The van der Waals surface area contributed by atoms with E-state index in [1.54, 1.807) is 24.3 Å². The van der Waals surface area contributed by atoms with E-state index in [9.17, 15) is 4.79 Å². The molecule has 0 fully saturated rings. The fourth-order valence-corrected chi connectivity index (χ4v) is 1.15. The Morgan fingerprint density at radius 1 is 1.44 bits per heavy atom. The van der Waals surface area contributed by atoms with Crippen LogP contribution in [0.5, 0.6) is 0 Å². The molecule has 0 aliphatic rings. The van der Waals surface area contributed by atoms with Gasteiger partial charge in [0.15, 0.2) is 0 Å². The lowest BCUT2D eigenvalue weighted by Crippen LogP contribution is -2.17. The summed E-state index contributed by atoms with van der Waals surface area (Å²) >= 11 is 5.72. The lowest BCUT2D eigenvalue weighted by molar-refractivity contribution is -0.121. The van der Waals surface area contributed by atoms with Crippen molar-refractivity contribution in [3.8, 4) is 0 Å². The molecule has 0 saturated carbocycles. The SMILES string of the molecule is O=C(CCCO)NN=Cc1ccc(Cl)cc1. The molecule has 0 heterocycles. The highest BCUT2D eigenvalue weighted by Crippen LogP contribution is 2.07. The van der Waals surface area contributed by atoms with Crippen LogP contribution in [-0.2, 0) is 4.79 Å². The van der Waals surface area contributed by atoms with Gasteiger partial charge in [-0.05, 0) is 24.1 Å². The smallest absolute Gasteiger partial charge is 0.240 e. The number of hydrazone groups is 1. The Morgan fingerprint density at radius 2 is 2.12 bits per heavy atom. The molecule has 0 radical (unpaired) electrons. The van der Waals surface area contributed by atoms with Crippen LogP contribution in [0.1, 0.15) is 18.4 Å². The first-order valence-corrected chi connectivity index (χ1v) is 5.28. The van der Waals surface area contributed by atoms with E-state index in [1.165, 1.54) is 6.21 Å². The molecule has 86 valence electrons. The molecule has 1 aromatic rings. The maximum absolute atomic E-state index is 11.1. The number of nitrogens with zero attached hydrogens (tertiary/aromatic N) is 1. The summed E-state index contributed by atoms with van der Waals surface area (Å²) in [4.78, 5) is 11.1. The average molecular weight is 241 g/mol. The number of nitrogens with one attached hydrogen (secondary N) is 1. The first kappa shape index (κ1) is 12.7. The van der Waals surface area contributed by atoms with Gasteiger partial charge in [-0.2, -0.15) is 5.10 Å². The fourth-order valence-electron chi connectivity index (χ4n) is 1.02. The van der Waals surface area contributed by atoms with Gasteiger partial charge in [-0.3, -0.25) is 4.79 Å². The maximum Gasteiger partial charge on any atom is 0.240 e. The molecule has 0 bridgehead atoms. The van der Waals surface area contributed by atoms with Crippen molar-refractivity contribution in [3.63, 3.8) is 0 Å². The Balaban J connectivity index is 2.37. The minimum absolute atomic E-state index is 0.00825. The molecule has 0 aliphatic heterocycles. The number of carbonyl (C=O) groups excluding carboxylic acids is 1. The molecule has 5 heteroatoms. The molecule has 0 saturated heterocycles. The minimum atomic E-state index is -0.209. The Morgan fingerprint density at radius 3 is 2.75 bits per heavy atom. The summed E-state index contributed by atoms with van der Waals surface area (Å²) < 4.78 is 0. The van der Waals surface area contributed by atoms with Gasteiger partial charge in [0, 0.05) is 18.1 Å². The molecule has 0 atom stereocenters. The molecule has 0 aromatic heterocycles. The number of hydrogen-bond acceptors (Lipinski definition) is 3. The van der Waals surface area contributed by atoms with Gasteiger partial charge >= 0.3 is 0 Å². The zero-order chi connectivity index (χ0) is 11.8. The van der Waals surface area contributed by atoms with Gasteiger partial charge in [-0.15, -0.1) is 0 Å². The van der Waals surface area contributed by atoms with E-state index in [-0.39, 0.29) is 18.9 Å². The van der Waals surface area contributed by atoms with Crippen LogP contribution >= 0.6 is 11.6 Å². The molecule has 2 N–H and O–H groups in total. The molecular formula is C11H13ClN2O2. The van der Waals surface area contributed by atoms with Crippen molar-refractivity contribution in [1.82, 2.24) is 5.43 Å². The second kappa shape index (κ2) is 6.98. The van der Waals surface area contributed by atoms with Crippen LogP contribution in [0.3, 0.4) is 0 Å². The van der Waals surface area contributed by atoms with E-state index in [1.807, 2.05) is 0 Å². The van der Waals surface area contributed by atoms with Crippen molar-refractivity contribution in [1.29, 1.82) is 0 Å². The summed E-state index contributed by atoms with van der Waals surface area (Å²) in [6.45, 7) is 0.00825. The summed E-state index contributed by atoms with van der Waals surface area (Å²) in [6, 6.07) is 7.09. The van der Waals surface area contributed by atoms with E-state index in [2.05, 4.69) is 10.5 Å². The second-order valence-electron chi connectivity index (χ2n) is 3.17. The van der Waals surface area contributed by atoms with Crippen LogP contribution in [0, 0.1) is 0 Å². The van der Waals surface area contributed by atoms with Crippen molar-refractivity contribution in [2.75, 3.05) is 6.61 Å². The van der Waals surface area contributed by atoms with Gasteiger partial charge in [0.05, 0.1) is 6.21 Å². The first-order chi connectivity index (χ1) is 7.72. The zero-order valence-corrected chi connectivity index (χ0v) is 9.44. The van der Waals surface area contributed by atoms with Crippen molar-refractivity contribution >= 4 is 23.7 Å². The van der Waals surface area contributed by atoms with Gasteiger partial charge < -0.3 is 5.11 Å². The molecule has 1 rings (SSSR count). The molecular weight excluding hydrogens is 228 g/mol. The topological polar surface area (TPSA) is 61.7 Å². The molecule has 0 aliphatic carbocycles. The molecule has 1 amide bonds. The van der Waals surface area contributed by atoms with Crippen molar-refractivity contribution in [3.05, 3.63) is 34.9 Å². The largest absolute Gasteiger partial charge is 0.396 e. The number of hydrogen-bond donors (Lipinski definition) is 2. The molecule has 0 spiro atoms. The molecule has 1 aromatic carbocycles. The highest BCUT2D eigenvalue weighted by atomic mass is 35.5. The minimum Gasteiger partial charge on any atom is -0.396 e. The lowest BCUT2D eigenvalue weighted by Gasteiger charge is -1.97. The van der Waals surface area contributed by atoms with Crippen LogP contribution in [0.4, 0.5) is 0 Å². The zero-order valence-electron chi connectivity index (χ0n) is 8.69. The third kappa shape index (κ3) is 4.91. The number of aliphatic hydroxyl groups is 1. The number of amides is 1. The predicted octanol–water partition coefficient (Wildman–Crippen LogP) is 1.56. The van der Waals surface area contributed by atoms with Crippen molar-refractivity contribution in [2.24, 2.45) is 5.10 Å². The molecule has 4 nitrogen and oxygen atoms in total. The van der Waals surface area contributed by atoms with Crippen molar-refractivity contribution < 1.29 is 9.90 Å². The van der Waals surface area contributed by atoms with Crippen LogP contribution in [0.25, 0.3) is 0 Å². The van der Waals surface area contributed by atoms with E-state index in [0.29, 0.717) is 11.4 Å². The van der Waals surface area contributed by atoms with Gasteiger partial charge in [0.2, 0.25) is 5.91 Å². The highest BCUT2D eigenvalue weighted by Gasteiger charge is 1.97. The number of benzene rings is 1. The predicted molar refractivity (Wildman–Crippen MR) is 63.5 cm³/mol. The third-order valence-corrected chi connectivity index (χ3v) is 2.09. The van der Waals surface area contributed by atoms with Crippen LogP contribution in [0.2, 0.25) is 5.02 Å². The average Bonchev–Trinajstić information content (AvgIpc) is 2.29. The summed E-state index contributed by atoms with van der Waals surface area (Å²) in [6.07, 6.45) is 2.25. The fraction of sp³-hybridized carbons (Fsp3) is 0.273. The van der Waals surface area contributed by atoms with Gasteiger partial charge in [-0.1, -0.05) is 23.7 Å². The normalized spacial score (nSPS) is 10.6. The standard InChI is InChI=1S/C11H13ClN2O2/c12-10-5-3-9(4-6-10)8-13-14-11(16)2-1-7-15/h3-6,8,15H,1-2,7H2,(H,14,16). The van der Waals surface area contributed by atoms with Crippen LogP contribution in [0.15, 0.2) is 29.4 Å². The molecule has 16 heavy (non-hydrogen) atoms. The number of aliphatic hydroxyl groups excluding tert-OH is 1. The maximum atomic E-state index is 11.1. The number of rotatable bonds is 5. The van der Waals surface area contributed by atoms with E-state index in [4.69, 9.17) is 16.7 Å². The summed E-state index contributed by atoms with van der Waals surface area (Å²) in [7, 11) is 0. The van der Waals surface area contributed by atoms with Crippen molar-refractivity contribution in [2.45, 2.75) is 12.8 Å². The van der Waals surface area contributed by atoms with Gasteiger partial charge in [-0.25, -0.2) is 5.43 Å². The number of halogens is 1. The van der Waals surface area contributed by atoms with E-state index < -0.39 is 0 Å². The third-order valence-electron chi connectivity index (χ3n) is 1.83. The Labute approximate surface area is 98.9 Å². The van der Waals surface area contributed by atoms with Crippen LogP contribution < -0.4 is 5.43 Å². The second-order valence-corrected chi connectivity index (χ2v) is 3.61. The van der Waals surface area contributed by atoms with Gasteiger partial charge in [0.25, 0.3) is 0 Å². The lowest BCUT2D eigenvalue weighted by atomic mass is 10.2. The molecule has 0 unspecified atom stereocenters. The highest BCUT2D eigenvalue weighted by molar-refractivity contribution is 6.30. The first-order valence-electron chi connectivity index (χ1n) is 4.90. The number of carbonyl (C=O) groups is 1. The van der Waals surface area contributed by atoms with Gasteiger partial charge in [0.1, 0.15) is 0 Å². The Kier molecular flexibility index (Phi) is 5.53. The summed E-state index contributed by atoms with van der Waals surface area (Å²) in [5, 5.41) is 12.9.